The summed E-state index contributed by atoms with van der Waals surface area (Å²) in [5.74, 6) is 0. The first-order chi connectivity index (χ1) is 7.32. The van der Waals surface area contributed by atoms with E-state index in [1.54, 1.807) is 25.1 Å². The molecule has 0 aromatic heterocycles. The monoisotopic (exact) mass is 269 g/mol. The Bertz CT molecular complexity index is 399. The molecular weight excluding hydrogens is 262 g/mol. The van der Waals surface area contributed by atoms with Gasteiger partial charge in [0.05, 0.1) is 11.1 Å². The highest BCUT2D eigenvalue weighted by atomic mass is 35.5. The normalized spacial score (nSPS) is 15.0. The van der Waals surface area contributed by atoms with Gasteiger partial charge in [-0.1, -0.05) is 29.8 Å². The maximum Gasteiger partial charge on any atom is 0.444 e. The Kier molecular flexibility index (Phi) is 4.21. The van der Waals surface area contributed by atoms with Crippen molar-refractivity contribution in [3.8, 4) is 0 Å². The van der Waals surface area contributed by atoms with Gasteiger partial charge in [0.1, 0.15) is 0 Å². The van der Waals surface area contributed by atoms with Gasteiger partial charge >= 0.3 is 6.18 Å². The third kappa shape index (κ3) is 3.39. The summed E-state index contributed by atoms with van der Waals surface area (Å²) in [7, 11) is 0. The molecule has 1 aromatic carbocycles. The van der Waals surface area contributed by atoms with E-state index in [0.29, 0.717) is 5.56 Å². The number of para-hydroxylation sites is 1. The van der Waals surface area contributed by atoms with Gasteiger partial charge in [-0.05, 0) is 18.6 Å². The van der Waals surface area contributed by atoms with Crippen molar-refractivity contribution in [2.75, 3.05) is 0 Å². The van der Waals surface area contributed by atoms with Gasteiger partial charge in [0.15, 0.2) is 0 Å². The Balaban J connectivity index is 3.15. The first-order valence-electron chi connectivity index (χ1n) is 4.36. The molecule has 1 rings (SSSR count). The average molecular weight is 270 g/mol. The SMILES string of the molecule is CC(Cl)c1ccccc1N=C(Cl)C(F)(F)F. The molecule has 1 nitrogen and oxygen atoms in total. The van der Waals surface area contributed by atoms with Crippen LogP contribution in [0, 0.1) is 0 Å². The van der Waals surface area contributed by atoms with E-state index >= 15 is 0 Å². The number of halogens is 5. The lowest BCUT2D eigenvalue weighted by molar-refractivity contribution is -0.0558. The number of alkyl halides is 4. The molecule has 6 heteroatoms. The zero-order chi connectivity index (χ0) is 12.3. The lowest BCUT2D eigenvalue weighted by atomic mass is 10.1. The Morgan fingerprint density at radius 3 is 2.38 bits per heavy atom. The lowest BCUT2D eigenvalue weighted by Crippen LogP contribution is -2.16. The van der Waals surface area contributed by atoms with Crippen LogP contribution in [0.4, 0.5) is 18.9 Å². The largest absolute Gasteiger partial charge is 0.444 e. The van der Waals surface area contributed by atoms with Crippen LogP contribution in [-0.2, 0) is 0 Å². The molecule has 1 unspecified atom stereocenters. The van der Waals surface area contributed by atoms with E-state index in [4.69, 9.17) is 23.2 Å². The second kappa shape index (κ2) is 5.06. The first-order valence-corrected chi connectivity index (χ1v) is 5.18. The second-order valence-electron chi connectivity index (χ2n) is 3.08. The minimum absolute atomic E-state index is 0.132. The third-order valence-electron chi connectivity index (χ3n) is 1.82. The molecule has 0 spiro atoms. The number of nitrogens with zero attached hydrogens (tertiary/aromatic N) is 1. The fraction of sp³-hybridized carbons (Fsp3) is 0.300. The highest BCUT2D eigenvalue weighted by Crippen LogP contribution is 2.31. The predicted molar refractivity (Wildman–Crippen MR) is 59.7 cm³/mol. The van der Waals surface area contributed by atoms with Crippen molar-refractivity contribution < 1.29 is 13.2 Å². The van der Waals surface area contributed by atoms with E-state index in [2.05, 4.69) is 4.99 Å². The molecule has 0 aliphatic carbocycles. The fourth-order valence-corrected chi connectivity index (χ4v) is 1.37. The van der Waals surface area contributed by atoms with Crippen molar-refractivity contribution >= 4 is 34.1 Å². The van der Waals surface area contributed by atoms with Crippen LogP contribution >= 0.6 is 23.2 Å². The van der Waals surface area contributed by atoms with Crippen LogP contribution in [0.25, 0.3) is 0 Å². The summed E-state index contributed by atoms with van der Waals surface area (Å²) in [4.78, 5) is 3.32. The topological polar surface area (TPSA) is 12.4 Å². The molecule has 0 radical (unpaired) electrons. The molecule has 16 heavy (non-hydrogen) atoms. The van der Waals surface area contributed by atoms with E-state index in [1.807, 2.05) is 0 Å². The van der Waals surface area contributed by atoms with Crippen LogP contribution in [0.1, 0.15) is 17.9 Å². The van der Waals surface area contributed by atoms with Gasteiger partial charge in [0.2, 0.25) is 5.17 Å². The van der Waals surface area contributed by atoms with Crippen LogP contribution in [0.5, 0.6) is 0 Å². The van der Waals surface area contributed by atoms with Crippen molar-refractivity contribution in [3.63, 3.8) is 0 Å². The first kappa shape index (κ1) is 13.3. The minimum Gasteiger partial charge on any atom is -0.232 e. The van der Waals surface area contributed by atoms with Crippen LogP contribution in [0.3, 0.4) is 0 Å². The van der Waals surface area contributed by atoms with Crippen molar-refractivity contribution in [1.82, 2.24) is 0 Å². The van der Waals surface area contributed by atoms with Crippen molar-refractivity contribution in [1.29, 1.82) is 0 Å². The molecule has 0 saturated carbocycles. The van der Waals surface area contributed by atoms with Crippen LogP contribution in [-0.4, -0.2) is 11.3 Å². The van der Waals surface area contributed by atoms with E-state index in [9.17, 15) is 13.2 Å². The van der Waals surface area contributed by atoms with Gasteiger partial charge in [-0.3, -0.25) is 0 Å². The summed E-state index contributed by atoms with van der Waals surface area (Å²) in [6, 6.07) is 6.29. The molecule has 88 valence electrons. The minimum atomic E-state index is -4.63. The van der Waals surface area contributed by atoms with E-state index < -0.39 is 16.7 Å². The quantitative estimate of drug-likeness (QED) is 0.539. The van der Waals surface area contributed by atoms with Gasteiger partial charge < -0.3 is 0 Å². The number of hydrogen-bond acceptors (Lipinski definition) is 1. The smallest absolute Gasteiger partial charge is 0.232 e. The summed E-state index contributed by atoms with van der Waals surface area (Å²) < 4.78 is 36.5. The Morgan fingerprint density at radius 1 is 1.31 bits per heavy atom. The third-order valence-corrected chi connectivity index (χ3v) is 2.35. The van der Waals surface area contributed by atoms with Crippen molar-refractivity contribution in [2.24, 2.45) is 4.99 Å². The number of rotatable bonds is 2. The van der Waals surface area contributed by atoms with Gasteiger partial charge in [-0.2, -0.15) is 13.2 Å². The van der Waals surface area contributed by atoms with Gasteiger partial charge in [0, 0.05) is 0 Å². The molecule has 0 aliphatic rings. The van der Waals surface area contributed by atoms with Gasteiger partial charge in [0.25, 0.3) is 0 Å². The number of aliphatic imine (C=N–C) groups is 1. The van der Waals surface area contributed by atoms with E-state index in [-0.39, 0.29) is 5.69 Å². The Hall–Kier alpha value is -0.740. The summed E-state index contributed by atoms with van der Waals surface area (Å²) in [6.07, 6.45) is -4.63. The molecule has 0 aliphatic heterocycles. The summed E-state index contributed by atoms with van der Waals surface area (Å²) in [5.41, 5.74) is 0.638. The maximum absolute atomic E-state index is 12.2. The zero-order valence-corrected chi connectivity index (χ0v) is 9.74. The van der Waals surface area contributed by atoms with Crippen molar-refractivity contribution in [2.45, 2.75) is 18.5 Å². The Labute approximate surface area is 101 Å². The average Bonchev–Trinajstić information content (AvgIpc) is 2.16. The molecule has 0 saturated heterocycles. The van der Waals surface area contributed by atoms with Crippen LogP contribution < -0.4 is 0 Å². The summed E-state index contributed by atoms with van der Waals surface area (Å²) >= 11 is 10.9. The number of benzene rings is 1. The summed E-state index contributed by atoms with van der Waals surface area (Å²) in [6.45, 7) is 1.65. The molecule has 0 fully saturated rings. The lowest BCUT2D eigenvalue weighted by Gasteiger charge is -2.08. The molecule has 0 amide bonds. The van der Waals surface area contributed by atoms with Gasteiger partial charge in [-0.15, -0.1) is 11.6 Å². The Morgan fingerprint density at radius 2 is 1.88 bits per heavy atom. The standard InChI is InChI=1S/C10H8Cl2F3N/c1-6(11)7-4-2-3-5-8(7)16-9(12)10(13,14)15/h2-6H,1H3. The maximum atomic E-state index is 12.2. The van der Waals surface area contributed by atoms with Crippen LogP contribution in [0.15, 0.2) is 29.3 Å². The predicted octanol–water partition coefficient (Wildman–Crippen LogP) is 4.82. The second-order valence-corrected chi connectivity index (χ2v) is 4.09. The number of hydrogen-bond donors (Lipinski definition) is 0. The molecular formula is C10H8Cl2F3N. The molecule has 1 atom stereocenters. The van der Waals surface area contributed by atoms with Crippen LogP contribution in [0.2, 0.25) is 0 Å². The molecule has 0 heterocycles. The molecule has 0 bridgehead atoms. The molecule has 0 N–H and O–H groups in total. The highest BCUT2D eigenvalue weighted by Gasteiger charge is 2.34. The summed E-state index contributed by atoms with van der Waals surface area (Å²) in [5, 5.41) is -1.84. The zero-order valence-electron chi connectivity index (χ0n) is 8.22. The fourth-order valence-electron chi connectivity index (χ4n) is 1.09. The van der Waals surface area contributed by atoms with E-state index in [1.165, 1.54) is 6.07 Å². The highest BCUT2D eigenvalue weighted by molar-refractivity contribution is 6.67. The van der Waals surface area contributed by atoms with E-state index in [0.717, 1.165) is 0 Å². The molecule has 1 aromatic rings. The van der Waals surface area contributed by atoms with Gasteiger partial charge in [-0.25, -0.2) is 4.99 Å². The van der Waals surface area contributed by atoms with Crippen molar-refractivity contribution in [3.05, 3.63) is 29.8 Å².